The quantitative estimate of drug-likeness (QED) is 0.277. The van der Waals surface area contributed by atoms with Crippen LogP contribution in [0.2, 0.25) is 0 Å². The molecule has 166 valence electrons. The van der Waals surface area contributed by atoms with Crippen molar-refractivity contribution in [3.05, 3.63) is 6.33 Å². The Labute approximate surface area is 168 Å². The minimum Gasteiger partial charge on any atom is -0.479 e. The summed E-state index contributed by atoms with van der Waals surface area (Å²) in [5.41, 5.74) is 0.367. The molecule has 0 aliphatic carbocycles. The summed E-state index contributed by atoms with van der Waals surface area (Å²) >= 11 is 0. The summed E-state index contributed by atoms with van der Waals surface area (Å²) in [4.78, 5) is 41.3. The topological polar surface area (TPSA) is 216 Å². The van der Waals surface area contributed by atoms with Crippen LogP contribution in [0.25, 0.3) is 11.2 Å². The smallest absolute Gasteiger partial charge is 0.365 e. The van der Waals surface area contributed by atoms with Crippen molar-refractivity contribution >= 4 is 24.7 Å². The number of carboxylic acid groups (broad SMARTS) is 1. The van der Waals surface area contributed by atoms with Crippen LogP contribution >= 0.6 is 7.60 Å². The highest BCUT2D eigenvalue weighted by molar-refractivity contribution is 7.53. The van der Waals surface area contributed by atoms with Gasteiger partial charge in [0.1, 0.15) is 18.3 Å². The van der Waals surface area contributed by atoms with E-state index in [0.717, 1.165) is 0 Å². The Morgan fingerprint density at radius 2 is 1.97 bits per heavy atom. The molecule has 3 rings (SSSR count). The van der Waals surface area contributed by atoms with Crippen molar-refractivity contribution in [2.24, 2.45) is 0 Å². The molecule has 2 aromatic rings. The van der Waals surface area contributed by atoms with E-state index in [-0.39, 0.29) is 23.1 Å². The second-order valence-corrected chi connectivity index (χ2v) is 7.85. The zero-order chi connectivity index (χ0) is 22.2. The minimum absolute atomic E-state index is 0.0556. The predicted octanol–water partition coefficient (Wildman–Crippen LogP) is -1.93. The molecule has 0 radical (unpaired) electrons. The number of aliphatic hydroxyl groups excluding tert-OH is 2. The number of hydrogen-bond acceptors (Lipinski definition) is 11. The van der Waals surface area contributed by atoms with Gasteiger partial charge in [0, 0.05) is 0 Å². The van der Waals surface area contributed by atoms with Crippen LogP contribution in [-0.2, 0) is 18.8 Å². The van der Waals surface area contributed by atoms with Gasteiger partial charge in [0.2, 0.25) is 5.88 Å². The molecule has 1 unspecified atom stereocenters. The second-order valence-electron chi connectivity index (χ2n) is 6.20. The maximum Gasteiger partial charge on any atom is 0.365 e. The van der Waals surface area contributed by atoms with E-state index in [4.69, 9.17) is 33.8 Å². The summed E-state index contributed by atoms with van der Waals surface area (Å²) in [5, 5.41) is 29.5. The third-order valence-electron chi connectivity index (χ3n) is 4.29. The van der Waals surface area contributed by atoms with Crippen LogP contribution in [0, 0.1) is 0 Å². The Balaban J connectivity index is 1.85. The van der Waals surface area contributed by atoms with Gasteiger partial charge in [-0.05, 0) is 0 Å². The fourth-order valence-electron chi connectivity index (χ4n) is 2.89. The van der Waals surface area contributed by atoms with Crippen molar-refractivity contribution in [1.82, 2.24) is 19.5 Å². The molecule has 1 saturated heterocycles. The average molecular weight is 450 g/mol. The van der Waals surface area contributed by atoms with Gasteiger partial charge >= 0.3 is 19.6 Å². The first-order valence-electron chi connectivity index (χ1n) is 8.32. The van der Waals surface area contributed by atoms with Gasteiger partial charge in [-0.2, -0.15) is 9.97 Å². The van der Waals surface area contributed by atoms with Crippen molar-refractivity contribution in [2.75, 3.05) is 20.8 Å². The molecule has 1 fully saturated rings. The number of aliphatic hydroxyl groups is 2. The van der Waals surface area contributed by atoms with Gasteiger partial charge in [-0.3, -0.25) is 9.13 Å². The number of aromatic nitrogens is 4. The molecular weight excluding hydrogens is 431 g/mol. The van der Waals surface area contributed by atoms with Crippen molar-refractivity contribution in [3.8, 4) is 11.9 Å². The highest BCUT2D eigenvalue weighted by atomic mass is 31.2. The van der Waals surface area contributed by atoms with E-state index in [1.807, 2.05) is 0 Å². The Bertz CT molecular complexity index is 978. The zero-order valence-corrected chi connectivity index (χ0v) is 16.5. The molecule has 15 nitrogen and oxygen atoms in total. The summed E-state index contributed by atoms with van der Waals surface area (Å²) in [6.45, 7) is -0.717. The number of carboxylic acids is 1. The summed E-state index contributed by atoms with van der Waals surface area (Å²) < 4.78 is 32.9. The number of nitrogens with zero attached hydrogens (tertiary/aromatic N) is 4. The van der Waals surface area contributed by atoms with Gasteiger partial charge < -0.3 is 44.1 Å². The number of hydrogen-bond donors (Lipinski definition) is 5. The van der Waals surface area contributed by atoms with Gasteiger partial charge in [0.05, 0.1) is 27.2 Å². The lowest BCUT2D eigenvalue weighted by Crippen LogP contribution is -2.36. The summed E-state index contributed by atoms with van der Waals surface area (Å²) in [7, 11) is -2.43. The highest BCUT2D eigenvalue weighted by Gasteiger charge is 2.46. The van der Waals surface area contributed by atoms with Crippen LogP contribution in [0.1, 0.15) is 6.23 Å². The van der Waals surface area contributed by atoms with Crippen LogP contribution in [0.15, 0.2) is 6.33 Å². The Morgan fingerprint density at radius 3 is 2.53 bits per heavy atom. The molecule has 1 aliphatic rings. The third kappa shape index (κ3) is 4.09. The van der Waals surface area contributed by atoms with Crippen molar-refractivity contribution in [2.45, 2.75) is 30.4 Å². The molecule has 30 heavy (non-hydrogen) atoms. The standard InChI is InChI=1S/C14H19N4O11P/c1-26-10-6-9(16-14(17-10)27-2)18(4-15-6)11-8(20)7(19)5(29-11)3-28-13(12(21)22)30(23,24)25/h4-5,7-8,11,13,19-20H,3H2,1-2H3,(H,21,22)(H2,23,24,25)/t5-,7-,8-,11-,13?/m1/s1. The van der Waals surface area contributed by atoms with E-state index in [9.17, 15) is 19.6 Å². The summed E-state index contributed by atoms with van der Waals surface area (Å²) in [6, 6.07) is -0.0556. The SMILES string of the molecule is COc1nc(OC)c2ncn([C@@H]3O[C@H](COC(C(=O)O)P(=O)(O)O)[C@@H](O)[C@H]3O)c2n1. The lowest BCUT2D eigenvalue weighted by Gasteiger charge is -2.19. The van der Waals surface area contributed by atoms with Crippen LogP contribution < -0.4 is 9.47 Å². The number of fused-ring (bicyclic) bond motifs is 1. The molecule has 0 aromatic carbocycles. The summed E-state index contributed by atoms with van der Waals surface area (Å²) in [5.74, 6) is -4.24. The predicted molar refractivity (Wildman–Crippen MR) is 93.8 cm³/mol. The highest BCUT2D eigenvalue weighted by Crippen LogP contribution is 2.42. The van der Waals surface area contributed by atoms with Gasteiger partial charge in [-0.1, -0.05) is 0 Å². The molecule has 0 spiro atoms. The van der Waals surface area contributed by atoms with Gasteiger partial charge in [0.25, 0.3) is 5.85 Å². The van der Waals surface area contributed by atoms with Crippen LogP contribution in [0.3, 0.4) is 0 Å². The molecule has 2 aromatic heterocycles. The van der Waals surface area contributed by atoms with Gasteiger partial charge in [0.15, 0.2) is 17.4 Å². The first-order valence-corrected chi connectivity index (χ1v) is 10.0. The molecule has 0 saturated carbocycles. The van der Waals surface area contributed by atoms with Crippen LogP contribution in [0.4, 0.5) is 0 Å². The van der Waals surface area contributed by atoms with Gasteiger partial charge in [-0.25, -0.2) is 9.78 Å². The number of imidazole rings is 1. The van der Waals surface area contributed by atoms with Crippen LogP contribution in [-0.4, -0.2) is 95.6 Å². The van der Waals surface area contributed by atoms with E-state index in [1.165, 1.54) is 25.1 Å². The lowest BCUT2D eigenvalue weighted by molar-refractivity contribution is -0.149. The maximum absolute atomic E-state index is 11.2. The fourth-order valence-corrected chi connectivity index (χ4v) is 3.45. The Kier molecular flexibility index (Phi) is 6.24. The second kappa shape index (κ2) is 8.39. The molecule has 3 heterocycles. The number of methoxy groups -OCH3 is 2. The van der Waals surface area contributed by atoms with Crippen molar-refractivity contribution in [1.29, 1.82) is 0 Å². The molecule has 5 atom stereocenters. The van der Waals surface area contributed by atoms with E-state index >= 15 is 0 Å². The van der Waals surface area contributed by atoms with E-state index in [1.54, 1.807) is 0 Å². The molecule has 16 heteroatoms. The van der Waals surface area contributed by atoms with Crippen molar-refractivity contribution in [3.63, 3.8) is 0 Å². The molecule has 0 bridgehead atoms. The third-order valence-corrected chi connectivity index (χ3v) is 5.27. The first kappa shape index (κ1) is 22.3. The van der Waals surface area contributed by atoms with E-state index < -0.39 is 50.6 Å². The average Bonchev–Trinajstić information content (AvgIpc) is 3.22. The molecule has 5 N–H and O–H groups in total. The largest absolute Gasteiger partial charge is 0.479 e. The lowest BCUT2D eigenvalue weighted by atomic mass is 10.1. The monoisotopic (exact) mass is 450 g/mol. The van der Waals surface area contributed by atoms with E-state index in [0.29, 0.717) is 0 Å². The van der Waals surface area contributed by atoms with Gasteiger partial charge in [-0.15, -0.1) is 0 Å². The normalized spacial score (nSPS) is 25.4. The first-order chi connectivity index (χ1) is 14.1. The number of ether oxygens (including phenoxy) is 4. The number of carbonyl (C=O) groups is 1. The Morgan fingerprint density at radius 1 is 1.27 bits per heavy atom. The maximum atomic E-state index is 11.2. The number of rotatable bonds is 8. The molecule has 0 amide bonds. The van der Waals surface area contributed by atoms with Crippen molar-refractivity contribution < 1.29 is 53.4 Å². The Hall–Kier alpha value is -2.39. The fraction of sp³-hybridized carbons (Fsp3) is 0.571. The molecule has 1 aliphatic heterocycles. The zero-order valence-electron chi connectivity index (χ0n) is 15.6. The molecular formula is C14H19N4O11P. The summed E-state index contributed by atoms with van der Waals surface area (Å²) in [6.07, 6.45) is -4.38. The van der Waals surface area contributed by atoms with E-state index in [2.05, 4.69) is 15.0 Å². The minimum atomic E-state index is -5.12. The number of aliphatic carboxylic acids is 1. The van der Waals surface area contributed by atoms with Crippen LogP contribution in [0.5, 0.6) is 11.9 Å².